The highest BCUT2D eigenvalue weighted by molar-refractivity contribution is 7.92. The van der Waals surface area contributed by atoms with Crippen molar-refractivity contribution in [2.75, 3.05) is 25.1 Å². The number of benzene rings is 3. The van der Waals surface area contributed by atoms with E-state index in [1.165, 1.54) is 37.3 Å². The minimum Gasteiger partial charge on any atom is -0.493 e. The van der Waals surface area contributed by atoms with Crippen LogP contribution in [0.5, 0.6) is 11.5 Å². The van der Waals surface area contributed by atoms with Crippen LogP contribution in [0.2, 0.25) is 0 Å². The SMILES string of the molecule is CC[C@@H](C)NC(=O)[C@H](C)N(Cc1ccc(C)cc1)C(=O)CN(c1ccc(C)cc1)S(=O)(=O)c1ccc(OC)c(OC)c1. The third-order valence-corrected chi connectivity index (χ3v) is 8.96. The fourth-order valence-corrected chi connectivity index (χ4v) is 5.71. The number of sulfonamides is 1. The smallest absolute Gasteiger partial charge is 0.264 e. The molecule has 9 nitrogen and oxygen atoms in total. The van der Waals surface area contributed by atoms with Gasteiger partial charge in [-0.2, -0.15) is 0 Å². The summed E-state index contributed by atoms with van der Waals surface area (Å²) in [5.41, 5.74) is 3.13. The molecule has 0 fully saturated rings. The molecule has 0 saturated carbocycles. The van der Waals surface area contributed by atoms with Gasteiger partial charge in [-0.15, -0.1) is 0 Å². The third-order valence-electron chi connectivity index (χ3n) is 7.19. The number of rotatable bonds is 13. The summed E-state index contributed by atoms with van der Waals surface area (Å²) in [5, 5.41) is 2.94. The van der Waals surface area contributed by atoms with E-state index in [0.29, 0.717) is 11.4 Å². The van der Waals surface area contributed by atoms with Crippen molar-refractivity contribution < 1.29 is 27.5 Å². The van der Waals surface area contributed by atoms with Crippen molar-refractivity contribution in [3.63, 3.8) is 0 Å². The first kappa shape index (κ1) is 32.5. The van der Waals surface area contributed by atoms with Gasteiger partial charge in [0.1, 0.15) is 12.6 Å². The first-order chi connectivity index (χ1) is 19.9. The summed E-state index contributed by atoms with van der Waals surface area (Å²) in [4.78, 5) is 28.6. The Balaban J connectivity index is 2.06. The van der Waals surface area contributed by atoms with Crippen LogP contribution in [-0.4, -0.2) is 58.0 Å². The van der Waals surface area contributed by atoms with Gasteiger partial charge >= 0.3 is 0 Å². The van der Waals surface area contributed by atoms with E-state index < -0.39 is 28.5 Å². The molecule has 0 aliphatic carbocycles. The topological polar surface area (TPSA) is 105 Å². The fourth-order valence-electron chi connectivity index (χ4n) is 4.28. The number of aryl methyl sites for hydroxylation is 2. The zero-order valence-electron chi connectivity index (χ0n) is 25.4. The number of carbonyl (C=O) groups is 2. The van der Waals surface area contributed by atoms with E-state index in [4.69, 9.17) is 9.47 Å². The summed E-state index contributed by atoms with van der Waals surface area (Å²) in [7, 11) is -1.37. The largest absolute Gasteiger partial charge is 0.493 e. The van der Waals surface area contributed by atoms with Crippen LogP contribution >= 0.6 is 0 Å². The van der Waals surface area contributed by atoms with E-state index in [0.717, 1.165) is 27.4 Å². The number of nitrogens with one attached hydrogen (secondary N) is 1. The molecule has 0 heterocycles. The zero-order valence-corrected chi connectivity index (χ0v) is 26.2. The maximum absolute atomic E-state index is 14.1. The van der Waals surface area contributed by atoms with Crippen LogP contribution < -0.4 is 19.1 Å². The summed E-state index contributed by atoms with van der Waals surface area (Å²) in [6, 6.07) is 17.9. The standard InChI is InChI=1S/C32H41N3O6S/c1-8-24(4)33-32(37)25(5)34(20-26-13-9-22(2)10-14-26)31(36)21-35(27-15-11-23(3)12-16-27)42(38,39)28-17-18-29(40-6)30(19-28)41-7/h9-19,24-25H,8,20-21H2,1-7H3,(H,33,37)/t24-,25+/m1/s1. The molecule has 0 bridgehead atoms. The molecule has 0 radical (unpaired) electrons. The monoisotopic (exact) mass is 595 g/mol. The molecular weight excluding hydrogens is 554 g/mol. The van der Waals surface area contributed by atoms with Gasteiger partial charge in [0.05, 0.1) is 24.8 Å². The van der Waals surface area contributed by atoms with Gasteiger partial charge in [0.2, 0.25) is 11.8 Å². The second-order valence-corrected chi connectivity index (χ2v) is 12.2. The van der Waals surface area contributed by atoms with Crippen LogP contribution in [-0.2, 0) is 26.2 Å². The lowest BCUT2D eigenvalue weighted by atomic mass is 10.1. The maximum Gasteiger partial charge on any atom is 0.264 e. The normalized spacial score (nSPS) is 12.6. The average Bonchev–Trinajstić information content (AvgIpc) is 2.98. The molecule has 2 atom stereocenters. The summed E-state index contributed by atoms with van der Waals surface area (Å²) < 4.78 is 39.9. The van der Waals surface area contributed by atoms with Gasteiger partial charge in [0.15, 0.2) is 11.5 Å². The number of nitrogens with zero attached hydrogens (tertiary/aromatic N) is 2. The Bertz CT molecular complexity index is 1470. The number of carbonyl (C=O) groups excluding carboxylic acids is 2. The molecule has 0 aliphatic rings. The van der Waals surface area contributed by atoms with Crippen molar-refractivity contribution in [1.82, 2.24) is 10.2 Å². The van der Waals surface area contributed by atoms with Gasteiger partial charge < -0.3 is 19.7 Å². The highest BCUT2D eigenvalue weighted by Crippen LogP contribution is 2.32. The number of methoxy groups -OCH3 is 2. The van der Waals surface area contributed by atoms with E-state index in [1.807, 2.05) is 52.0 Å². The summed E-state index contributed by atoms with van der Waals surface area (Å²) in [6.07, 6.45) is 0.731. The minimum absolute atomic E-state index is 0.0684. The first-order valence-electron chi connectivity index (χ1n) is 13.9. The summed E-state index contributed by atoms with van der Waals surface area (Å²) >= 11 is 0. The molecule has 2 amide bonds. The molecule has 1 N–H and O–H groups in total. The number of hydrogen-bond acceptors (Lipinski definition) is 6. The number of ether oxygens (including phenoxy) is 2. The average molecular weight is 596 g/mol. The van der Waals surface area contributed by atoms with Crippen molar-refractivity contribution in [2.24, 2.45) is 0 Å². The quantitative estimate of drug-likeness (QED) is 0.303. The van der Waals surface area contributed by atoms with Crippen LogP contribution in [0.4, 0.5) is 5.69 Å². The van der Waals surface area contributed by atoms with Crippen molar-refractivity contribution in [2.45, 2.75) is 64.6 Å². The molecule has 0 saturated heterocycles. The zero-order chi connectivity index (χ0) is 31.0. The Morgan fingerprint density at radius 3 is 1.98 bits per heavy atom. The van der Waals surface area contributed by atoms with Gasteiger partial charge in [-0.05, 0) is 63.9 Å². The lowest BCUT2D eigenvalue weighted by Gasteiger charge is -2.32. The lowest BCUT2D eigenvalue weighted by molar-refractivity contribution is -0.139. The van der Waals surface area contributed by atoms with E-state index in [9.17, 15) is 18.0 Å². The van der Waals surface area contributed by atoms with Crippen LogP contribution in [0.1, 0.15) is 43.9 Å². The Kier molecular flexibility index (Phi) is 11.0. The third kappa shape index (κ3) is 7.82. The Morgan fingerprint density at radius 1 is 0.857 bits per heavy atom. The summed E-state index contributed by atoms with van der Waals surface area (Å²) in [5.74, 6) is -0.216. The van der Waals surface area contributed by atoms with Crippen molar-refractivity contribution in [3.8, 4) is 11.5 Å². The molecule has 0 aromatic heterocycles. The Hall–Kier alpha value is -4.05. The molecule has 0 spiro atoms. The predicted octanol–water partition coefficient (Wildman–Crippen LogP) is 4.85. The van der Waals surface area contributed by atoms with E-state index in [1.54, 1.807) is 31.2 Å². The van der Waals surface area contributed by atoms with Gasteiger partial charge in [-0.1, -0.05) is 54.4 Å². The van der Waals surface area contributed by atoms with Gasteiger partial charge in [-0.25, -0.2) is 8.42 Å². The van der Waals surface area contributed by atoms with Crippen LogP contribution in [0.25, 0.3) is 0 Å². The number of hydrogen-bond donors (Lipinski definition) is 1. The van der Waals surface area contributed by atoms with Crippen molar-refractivity contribution >= 4 is 27.5 Å². The molecule has 3 aromatic carbocycles. The highest BCUT2D eigenvalue weighted by Gasteiger charge is 2.33. The molecule has 3 aromatic rings. The van der Waals surface area contributed by atoms with E-state index in [-0.39, 0.29) is 29.1 Å². The van der Waals surface area contributed by atoms with Gasteiger partial charge in [0.25, 0.3) is 10.0 Å². The second kappa shape index (κ2) is 14.2. The Morgan fingerprint density at radius 2 is 1.43 bits per heavy atom. The maximum atomic E-state index is 14.1. The molecule has 226 valence electrons. The molecule has 3 rings (SSSR count). The van der Waals surface area contributed by atoms with Gasteiger partial charge in [0, 0.05) is 18.7 Å². The highest BCUT2D eigenvalue weighted by atomic mass is 32.2. The first-order valence-corrected chi connectivity index (χ1v) is 15.3. The van der Waals surface area contributed by atoms with Crippen molar-refractivity contribution in [3.05, 3.63) is 83.4 Å². The van der Waals surface area contributed by atoms with E-state index in [2.05, 4.69) is 5.32 Å². The summed E-state index contributed by atoms with van der Waals surface area (Å²) in [6.45, 7) is 8.98. The van der Waals surface area contributed by atoms with Gasteiger partial charge in [-0.3, -0.25) is 13.9 Å². The Labute approximate surface area is 249 Å². The fraction of sp³-hybridized carbons (Fsp3) is 0.375. The predicted molar refractivity (Wildman–Crippen MR) is 164 cm³/mol. The van der Waals surface area contributed by atoms with Crippen LogP contribution in [0.3, 0.4) is 0 Å². The van der Waals surface area contributed by atoms with Crippen LogP contribution in [0.15, 0.2) is 71.6 Å². The number of anilines is 1. The van der Waals surface area contributed by atoms with Crippen LogP contribution in [0, 0.1) is 13.8 Å². The molecule has 0 unspecified atom stereocenters. The molecular formula is C32H41N3O6S. The molecule has 10 heteroatoms. The molecule has 0 aliphatic heterocycles. The molecule has 42 heavy (non-hydrogen) atoms. The van der Waals surface area contributed by atoms with E-state index >= 15 is 0 Å². The van der Waals surface area contributed by atoms with Crippen molar-refractivity contribution in [1.29, 1.82) is 0 Å². The lowest BCUT2D eigenvalue weighted by Crippen LogP contribution is -2.52. The number of amides is 2. The minimum atomic E-state index is -4.25. The second-order valence-electron chi connectivity index (χ2n) is 10.4.